The lowest BCUT2D eigenvalue weighted by Gasteiger charge is -2.28. The van der Waals surface area contributed by atoms with Crippen molar-refractivity contribution in [2.45, 2.75) is 32.7 Å². The maximum absolute atomic E-state index is 12.4. The van der Waals surface area contributed by atoms with Crippen LogP contribution in [0.4, 0.5) is 5.69 Å². The third-order valence-electron chi connectivity index (χ3n) is 4.69. The summed E-state index contributed by atoms with van der Waals surface area (Å²) in [4.78, 5) is 18.5. The van der Waals surface area contributed by atoms with Crippen molar-refractivity contribution >= 4 is 41.5 Å². The fraction of sp³-hybridized carbons (Fsp3) is 0.333. The number of hydrogen-bond acceptors (Lipinski definition) is 2. The van der Waals surface area contributed by atoms with Gasteiger partial charge < -0.3 is 16.0 Å². The predicted molar refractivity (Wildman–Crippen MR) is 122 cm³/mol. The molecule has 3 N–H and O–H groups in total. The molecule has 2 aromatic carbocycles. The number of nitrogens with zero attached hydrogens (tertiary/aromatic N) is 2. The number of aliphatic imine (C=N–C) groups is 1. The van der Waals surface area contributed by atoms with Gasteiger partial charge in [-0.1, -0.05) is 50.2 Å². The van der Waals surface area contributed by atoms with Crippen molar-refractivity contribution in [1.29, 1.82) is 0 Å². The zero-order valence-electron chi connectivity index (χ0n) is 15.8. The molecule has 0 saturated carbocycles. The van der Waals surface area contributed by atoms with Crippen molar-refractivity contribution in [3.8, 4) is 0 Å². The van der Waals surface area contributed by atoms with Crippen LogP contribution in [0.3, 0.4) is 0 Å². The summed E-state index contributed by atoms with van der Waals surface area (Å²) < 4.78 is 0. The van der Waals surface area contributed by atoms with E-state index in [1.807, 2.05) is 29.2 Å². The van der Waals surface area contributed by atoms with Gasteiger partial charge in [0.25, 0.3) is 0 Å². The largest absolute Gasteiger partial charge is 0.370 e. The fourth-order valence-electron chi connectivity index (χ4n) is 3.12. The molecule has 2 aromatic rings. The molecule has 1 amide bonds. The summed E-state index contributed by atoms with van der Waals surface area (Å²) in [6, 6.07) is 16.3. The average Bonchev–Trinajstić information content (AvgIpc) is 2.66. The number of carbonyl (C=O) groups excluding carboxylic acids is 1. The van der Waals surface area contributed by atoms with Crippen LogP contribution >= 0.6 is 24.0 Å². The van der Waals surface area contributed by atoms with Gasteiger partial charge in [-0.05, 0) is 41.2 Å². The molecule has 0 bridgehead atoms. The molecular weight excluding hydrogens is 451 g/mol. The Labute approximate surface area is 178 Å². The Hall–Kier alpha value is -2.09. The second-order valence-electron chi connectivity index (χ2n) is 6.94. The monoisotopic (exact) mass is 478 g/mol. The van der Waals surface area contributed by atoms with Gasteiger partial charge in [-0.15, -0.1) is 24.0 Å². The van der Waals surface area contributed by atoms with Gasteiger partial charge in [0, 0.05) is 18.8 Å². The predicted octanol–water partition coefficient (Wildman–Crippen LogP) is 3.74. The molecule has 27 heavy (non-hydrogen) atoms. The molecule has 0 fully saturated rings. The van der Waals surface area contributed by atoms with E-state index in [9.17, 15) is 4.79 Å². The molecule has 0 spiro atoms. The Morgan fingerprint density at radius 3 is 2.67 bits per heavy atom. The number of hydrogen-bond donors (Lipinski definition) is 2. The van der Waals surface area contributed by atoms with Crippen molar-refractivity contribution in [2.75, 3.05) is 18.4 Å². The van der Waals surface area contributed by atoms with Crippen LogP contribution in [-0.2, 0) is 17.8 Å². The summed E-state index contributed by atoms with van der Waals surface area (Å²) in [7, 11) is 0. The fourth-order valence-corrected chi connectivity index (χ4v) is 3.12. The molecule has 0 aromatic heterocycles. The number of benzene rings is 2. The highest BCUT2D eigenvalue weighted by molar-refractivity contribution is 14.0. The Balaban J connectivity index is 0.00000261. The van der Waals surface area contributed by atoms with E-state index in [0.717, 1.165) is 18.7 Å². The van der Waals surface area contributed by atoms with Gasteiger partial charge in [-0.25, -0.2) is 4.99 Å². The summed E-state index contributed by atoms with van der Waals surface area (Å²) in [6.45, 7) is 5.73. The van der Waals surface area contributed by atoms with Gasteiger partial charge in [-0.3, -0.25) is 4.79 Å². The molecular formula is C21H27IN4O. The third kappa shape index (κ3) is 5.69. The highest BCUT2D eigenvalue weighted by Gasteiger charge is 2.19. The first kappa shape index (κ1) is 21.2. The minimum atomic E-state index is 0. The average molecular weight is 478 g/mol. The molecule has 0 radical (unpaired) electrons. The number of nitrogens with one attached hydrogen (secondary N) is 1. The summed E-state index contributed by atoms with van der Waals surface area (Å²) in [5, 5.41) is 3.07. The van der Waals surface area contributed by atoms with E-state index in [1.54, 1.807) is 0 Å². The molecule has 1 aliphatic heterocycles. The summed E-state index contributed by atoms with van der Waals surface area (Å²) >= 11 is 0. The van der Waals surface area contributed by atoms with Crippen molar-refractivity contribution < 1.29 is 4.79 Å². The van der Waals surface area contributed by atoms with Gasteiger partial charge in [0.2, 0.25) is 5.91 Å². The maximum Gasteiger partial charge on any atom is 0.244 e. The highest BCUT2D eigenvalue weighted by atomic mass is 127. The third-order valence-corrected chi connectivity index (χ3v) is 4.69. The molecule has 1 heterocycles. The van der Waals surface area contributed by atoms with E-state index in [4.69, 9.17) is 5.73 Å². The van der Waals surface area contributed by atoms with Crippen molar-refractivity contribution in [1.82, 2.24) is 4.90 Å². The number of nitrogens with two attached hydrogens (primary N) is 1. The van der Waals surface area contributed by atoms with E-state index in [0.29, 0.717) is 12.5 Å². The minimum absolute atomic E-state index is 0. The number of halogens is 1. The highest BCUT2D eigenvalue weighted by Crippen LogP contribution is 2.19. The smallest absolute Gasteiger partial charge is 0.244 e. The van der Waals surface area contributed by atoms with Crippen LogP contribution in [0.1, 0.15) is 36.5 Å². The van der Waals surface area contributed by atoms with Gasteiger partial charge in [0.1, 0.15) is 6.54 Å². The molecule has 3 rings (SSSR count). The van der Waals surface area contributed by atoms with Crippen molar-refractivity contribution in [3.05, 3.63) is 65.2 Å². The molecule has 5 nitrogen and oxygen atoms in total. The second-order valence-corrected chi connectivity index (χ2v) is 6.94. The van der Waals surface area contributed by atoms with Gasteiger partial charge in [0.15, 0.2) is 5.96 Å². The zero-order valence-corrected chi connectivity index (χ0v) is 18.1. The first-order valence-corrected chi connectivity index (χ1v) is 9.04. The number of fused-ring (bicyclic) bond motifs is 1. The summed E-state index contributed by atoms with van der Waals surface area (Å²) in [5.41, 5.74) is 10.6. The first-order chi connectivity index (χ1) is 12.5. The van der Waals surface area contributed by atoms with Crippen LogP contribution in [0.15, 0.2) is 53.5 Å². The van der Waals surface area contributed by atoms with Crippen LogP contribution in [0.25, 0.3) is 0 Å². The van der Waals surface area contributed by atoms with E-state index in [1.165, 1.54) is 16.7 Å². The van der Waals surface area contributed by atoms with Crippen LogP contribution in [0.5, 0.6) is 0 Å². The lowest BCUT2D eigenvalue weighted by molar-refractivity contribution is -0.130. The molecule has 0 saturated heterocycles. The molecule has 144 valence electrons. The molecule has 1 aliphatic rings. The first-order valence-electron chi connectivity index (χ1n) is 9.04. The Morgan fingerprint density at radius 2 is 1.93 bits per heavy atom. The van der Waals surface area contributed by atoms with Crippen molar-refractivity contribution in [3.63, 3.8) is 0 Å². The number of guanidine groups is 1. The maximum atomic E-state index is 12.4. The summed E-state index contributed by atoms with van der Waals surface area (Å²) in [6.07, 6.45) is 0.890. The van der Waals surface area contributed by atoms with Crippen LogP contribution < -0.4 is 11.1 Å². The number of carbonyl (C=O) groups is 1. The van der Waals surface area contributed by atoms with E-state index in [-0.39, 0.29) is 42.4 Å². The SMILES string of the molecule is CC(C)c1cccc(NC(N)=NCC(=O)N2CCc3ccccc3C2)c1.I. The number of rotatable bonds is 4. The van der Waals surface area contributed by atoms with E-state index < -0.39 is 0 Å². The lowest BCUT2D eigenvalue weighted by Crippen LogP contribution is -2.38. The Morgan fingerprint density at radius 1 is 1.19 bits per heavy atom. The Bertz CT molecular complexity index is 819. The molecule has 6 heteroatoms. The van der Waals surface area contributed by atoms with E-state index in [2.05, 4.69) is 48.4 Å². The zero-order chi connectivity index (χ0) is 18.5. The van der Waals surface area contributed by atoms with Gasteiger partial charge in [0.05, 0.1) is 0 Å². The van der Waals surface area contributed by atoms with E-state index >= 15 is 0 Å². The standard InChI is InChI=1S/C21H26N4O.HI/c1-15(2)17-8-5-9-19(12-17)24-21(22)23-13-20(26)25-11-10-16-6-3-4-7-18(16)14-25;/h3-9,12,15H,10-11,13-14H2,1-2H3,(H3,22,23,24);1H. The van der Waals surface area contributed by atoms with Gasteiger partial charge >= 0.3 is 0 Å². The normalized spacial score (nSPS) is 13.7. The number of anilines is 1. The minimum Gasteiger partial charge on any atom is -0.370 e. The second kappa shape index (κ2) is 9.73. The molecule has 0 aliphatic carbocycles. The van der Waals surface area contributed by atoms with Crippen LogP contribution in [-0.4, -0.2) is 29.9 Å². The van der Waals surface area contributed by atoms with Crippen LogP contribution in [0.2, 0.25) is 0 Å². The topological polar surface area (TPSA) is 70.7 Å². The molecule has 0 atom stereocenters. The Kier molecular flexibility index (Phi) is 7.65. The van der Waals surface area contributed by atoms with Gasteiger partial charge in [-0.2, -0.15) is 0 Å². The lowest BCUT2D eigenvalue weighted by atomic mass is 10.00. The molecule has 0 unspecified atom stereocenters. The number of amides is 1. The van der Waals surface area contributed by atoms with Crippen molar-refractivity contribution in [2.24, 2.45) is 10.7 Å². The summed E-state index contributed by atoms with van der Waals surface area (Å²) in [5.74, 6) is 0.704. The van der Waals surface area contributed by atoms with Crippen LogP contribution in [0, 0.1) is 0 Å². The quantitative estimate of drug-likeness (QED) is 0.400.